The Bertz CT molecular complexity index is 551. The molecule has 0 unspecified atom stereocenters. The highest BCUT2D eigenvalue weighted by molar-refractivity contribution is 5.84. The summed E-state index contributed by atoms with van der Waals surface area (Å²) in [7, 11) is 0. The van der Waals surface area contributed by atoms with Crippen molar-refractivity contribution >= 4 is 18.0 Å². The van der Waals surface area contributed by atoms with Gasteiger partial charge >= 0.3 is 11.9 Å². The van der Waals surface area contributed by atoms with Gasteiger partial charge in [-0.3, -0.25) is 0 Å². The lowest BCUT2D eigenvalue weighted by atomic mass is 10.2. The normalized spacial score (nSPS) is 10.8. The average Bonchev–Trinajstić information content (AvgIpc) is 3.44. The van der Waals surface area contributed by atoms with E-state index in [0.29, 0.717) is 0 Å². The Morgan fingerprint density at radius 1 is 1.15 bits per heavy atom. The maximum atomic E-state index is 10.5. The van der Waals surface area contributed by atoms with Crippen LogP contribution in [0.5, 0.6) is 0 Å². The minimum absolute atomic E-state index is 0.176. The number of hydrogen-bond donors (Lipinski definition) is 1. The number of aliphatic carboxylic acids is 1. The van der Waals surface area contributed by atoms with E-state index in [1.807, 2.05) is 57.2 Å². The number of epoxide rings is 1. The van der Waals surface area contributed by atoms with Crippen LogP contribution in [-0.2, 0) is 19.1 Å². The van der Waals surface area contributed by atoms with E-state index in [-0.39, 0.29) is 11.5 Å². The Balaban J connectivity index is 0. The molecule has 0 radical (unpaired) electrons. The van der Waals surface area contributed by atoms with Crippen LogP contribution in [0.15, 0.2) is 61.7 Å². The molecule has 1 N–H and O–H groups in total. The largest absolute Gasteiger partial charge is 0.478 e. The van der Waals surface area contributed by atoms with Crippen LogP contribution in [0, 0.1) is 0 Å². The Morgan fingerprint density at radius 3 is 1.73 bits per heavy atom. The molecular weight excluding hydrogens is 332 g/mol. The van der Waals surface area contributed by atoms with Crippen LogP contribution in [0.4, 0.5) is 0 Å². The van der Waals surface area contributed by atoms with Crippen molar-refractivity contribution in [1.82, 2.24) is 0 Å². The number of hydrogen-bond acceptors (Lipinski definition) is 4. The van der Waals surface area contributed by atoms with Crippen molar-refractivity contribution in [1.29, 1.82) is 0 Å². The first kappa shape index (κ1) is 25.6. The summed E-state index contributed by atoms with van der Waals surface area (Å²) >= 11 is 0. The highest BCUT2D eigenvalue weighted by atomic mass is 16.6. The lowest BCUT2D eigenvalue weighted by molar-refractivity contribution is -0.148. The molecule has 0 amide bonds. The van der Waals surface area contributed by atoms with Gasteiger partial charge in [-0.1, -0.05) is 56.1 Å². The molecule has 1 aromatic rings. The monoisotopic (exact) mass is 362 g/mol. The second kappa shape index (κ2) is 14.7. The van der Waals surface area contributed by atoms with E-state index >= 15 is 0 Å². The van der Waals surface area contributed by atoms with Gasteiger partial charge in [-0.25, -0.2) is 9.59 Å². The molecule has 144 valence electrons. The van der Waals surface area contributed by atoms with E-state index in [2.05, 4.69) is 24.5 Å². The molecule has 0 atom stereocenters. The number of carboxylic acid groups (broad SMARTS) is 1. The zero-order chi connectivity index (χ0) is 20.6. The predicted molar refractivity (Wildman–Crippen MR) is 106 cm³/mol. The molecule has 1 aliphatic heterocycles. The molecule has 0 spiro atoms. The SMILES string of the molecule is C1CO1.C=C(C)C(=O)O.C=CC(=O)OC(C)(C)C.C=Cc1ccccc1. The lowest BCUT2D eigenvalue weighted by Gasteiger charge is -2.17. The van der Waals surface area contributed by atoms with E-state index in [0.717, 1.165) is 19.3 Å². The smallest absolute Gasteiger partial charge is 0.330 e. The summed E-state index contributed by atoms with van der Waals surface area (Å²) in [5.74, 6) is -1.31. The molecule has 1 heterocycles. The van der Waals surface area contributed by atoms with Crippen molar-refractivity contribution in [3.05, 3.63) is 67.3 Å². The van der Waals surface area contributed by atoms with Gasteiger partial charge in [-0.05, 0) is 33.3 Å². The first-order valence-electron chi connectivity index (χ1n) is 8.03. The molecule has 1 aromatic carbocycles. The summed E-state index contributed by atoms with van der Waals surface area (Å²) in [6.07, 6.45) is 2.99. The predicted octanol–water partition coefficient (Wildman–Crippen LogP) is 4.51. The van der Waals surface area contributed by atoms with Gasteiger partial charge in [0.15, 0.2) is 0 Å². The number of rotatable bonds is 3. The Hall–Kier alpha value is -2.66. The summed E-state index contributed by atoms with van der Waals surface area (Å²) in [5, 5.41) is 7.89. The minimum atomic E-state index is -0.935. The van der Waals surface area contributed by atoms with Crippen molar-refractivity contribution in [3.63, 3.8) is 0 Å². The Kier molecular flexibility index (Phi) is 14.4. The third-order valence-electron chi connectivity index (χ3n) is 2.18. The fourth-order valence-electron chi connectivity index (χ4n) is 0.933. The minimum Gasteiger partial charge on any atom is -0.478 e. The van der Waals surface area contributed by atoms with Crippen LogP contribution in [-0.4, -0.2) is 35.9 Å². The third kappa shape index (κ3) is 23.6. The maximum Gasteiger partial charge on any atom is 0.330 e. The van der Waals surface area contributed by atoms with Gasteiger partial charge in [-0.15, -0.1) is 0 Å². The zero-order valence-corrected chi connectivity index (χ0v) is 16.2. The van der Waals surface area contributed by atoms with Gasteiger partial charge in [0.2, 0.25) is 0 Å². The second-order valence-electron chi connectivity index (χ2n) is 6.05. The number of ether oxygens (including phenoxy) is 2. The van der Waals surface area contributed by atoms with E-state index in [9.17, 15) is 9.59 Å². The van der Waals surface area contributed by atoms with Crippen LogP contribution in [0.1, 0.15) is 33.3 Å². The van der Waals surface area contributed by atoms with Crippen LogP contribution in [0.25, 0.3) is 6.08 Å². The molecule has 0 saturated carbocycles. The van der Waals surface area contributed by atoms with Crippen LogP contribution in [0.3, 0.4) is 0 Å². The van der Waals surface area contributed by atoms with E-state index in [1.54, 1.807) is 0 Å². The van der Waals surface area contributed by atoms with Gasteiger partial charge in [0.1, 0.15) is 5.60 Å². The number of carbonyl (C=O) groups is 2. The zero-order valence-electron chi connectivity index (χ0n) is 16.2. The molecule has 5 nitrogen and oxygen atoms in total. The number of benzene rings is 1. The summed E-state index contributed by atoms with van der Waals surface area (Å²) in [6.45, 7) is 18.9. The highest BCUT2D eigenvalue weighted by Gasteiger charge is 2.12. The molecule has 0 bridgehead atoms. The molecule has 0 aromatic heterocycles. The molecular formula is C21H30O5. The number of esters is 1. The van der Waals surface area contributed by atoms with E-state index < -0.39 is 11.6 Å². The molecule has 1 saturated heterocycles. The topological polar surface area (TPSA) is 76.1 Å². The summed E-state index contributed by atoms with van der Waals surface area (Å²) in [6, 6.07) is 10.0. The summed E-state index contributed by atoms with van der Waals surface area (Å²) < 4.78 is 9.33. The maximum absolute atomic E-state index is 10.5. The fourth-order valence-corrected chi connectivity index (χ4v) is 0.933. The quantitative estimate of drug-likeness (QED) is 0.486. The standard InChI is InChI=1S/C8H8.C7H12O2.C4H6O2.C2H4O/c1-2-8-6-4-3-5-7-8;1-5-6(8)9-7(2,3)4;1-3(2)4(5)6;1-2-3-1/h2-7H,1H2;5H,1H2,2-4H3;1H2,2H3,(H,5,6);1-2H2. The third-order valence-corrected chi connectivity index (χ3v) is 2.18. The van der Waals surface area contributed by atoms with Crippen LogP contribution in [0.2, 0.25) is 0 Å². The summed E-state index contributed by atoms with van der Waals surface area (Å²) in [4.78, 5) is 20.1. The van der Waals surface area contributed by atoms with Crippen LogP contribution < -0.4 is 0 Å². The summed E-state index contributed by atoms with van der Waals surface area (Å²) in [5.41, 5.74) is 0.952. The molecule has 26 heavy (non-hydrogen) atoms. The van der Waals surface area contributed by atoms with E-state index in [1.165, 1.54) is 12.5 Å². The average molecular weight is 362 g/mol. The van der Waals surface area contributed by atoms with Gasteiger partial charge in [0.05, 0.1) is 13.2 Å². The van der Waals surface area contributed by atoms with Crippen molar-refractivity contribution in [2.45, 2.75) is 33.3 Å². The van der Waals surface area contributed by atoms with Gasteiger partial charge in [0, 0.05) is 11.6 Å². The van der Waals surface area contributed by atoms with Crippen molar-refractivity contribution in [2.75, 3.05) is 13.2 Å². The number of carbonyl (C=O) groups excluding carboxylic acids is 1. The molecule has 1 fully saturated rings. The highest BCUT2D eigenvalue weighted by Crippen LogP contribution is 2.06. The first-order valence-corrected chi connectivity index (χ1v) is 8.03. The Labute approximate surface area is 156 Å². The van der Waals surface area contributed by atoms with Crippen LogP contribution >= 0.6 is 0 Å². The van der Waals surface area contributed by atoms with Gasteiger partial charge in [0.25, 0.3) is 0 Å². The van der Waals surface area contributed by atoms with Crippen molar-refractivity contribution in [3.8, 4) is 0 Å². The van der Waals surface area contributed by atoms with Crippen molar-refractivity contribution < 1.29 is 24.2 Å². The van der Waals surface area contributed by atoms with Crippen molar-refractivity contribution in [2.24, 2.45) is 0 Å². The molecule has 1 aliphatic rings. The number of carboxylic acids is 1. The second-order valence-corrected chi connectivity index (χ2v) is 6.05. The van der Waals surface area contributed by atoms with Gasteiger partial charge in [-0.2, -0.15) is 0 Å². The first-order chi connectivity index (χ1) is 12.0. The molecule has 5 heteroatoms. The Morgan fingerprint density at radius 2 is 1.58 bits per heavy atom. The molecule has 0 aliphatic carbocycles. The lowest BCUT2D eigenvalue weighted by Crippen LogP contribution is -2.22. The molecule has 2 rings (SSSR count). The fraction of sp³-hybridized carbons (Fsp3) is 0.333. The van der Waals surface area contributed by atoms with E-state index in [4.69, 9.17) is 9.84 Å². The van der Waals surface area contributed by atoms with Gasteiger partial charge < -0.3 is 14.6 Å².